The van der Waals surface area contributed by atoms with Gasteiger partial charge in [0.1, 0.15) is 11.6 Å². The Morgan fingerprint density at radius 3 is 2.88 bits per heavy atom. The minimum atomic E-state index is -0.449. The number of carbonyl (C=O) groups is 2. The maximum Gasteiger partial charge on any atom is 0.252 e. The van der Waals surface area contributed by atoms with Gasteiger partial charge in [-0.05, 0) is 43.2 Å². The number of carbonyl (C=O) groups excluding carboxylic acids is 2. The maximum absolute atomic E-state index is 13.7. The third-order valence-corrected chi connectivity index (χ3v) is 5.14. The number of amides is 2. The number of rotatable bonds is 5. The van der Waals surface area contributed by atoms with Crippen LogP contribution in [0, 0.1) is 5.82 Å². The van der Waals surface area contributed by atoms with Crippen molar-refractivity contribution >= 4 is 23.6 Å². The molecule has 7 heteroatoms. The fourth-order valence-corrected chi connectivity index (χ4v) is 3.65. The summed E-state index contributed by atoms with van der Waals surface area (Å²) in [6.45, 7) is 0.524. The van der Waals surface area contributed by atoms with E-state index in [1.165, 1.54) is 23.9 Å². The van der Waals surface area contributed by atoms with Crippen LogP contribution in [0.4, 0.5) is 4.39 Å². The van der Waals surface area contributed by atoms with Crippen molar-refractivity contribution in [3.05, 3.63) is 59.4 Å². The fraction of sp³-hybridized carbons (Fsp3) is 0.263. The van der Waals surface area contributed by atoms with E-state index in [1.54, 1.807) is 30.3 Å². The molecule has 0 radical (unpaired) electrons. The SMILES string of the molecule is NC(=O)CSc1ccccc1C(=O)N[C@@H]1CCCOc2ccc(F)cc21. The summed E-state index contributed by atoms with van der Waals surface area (Å²) in [4.78, 5) is 24.5. The van der Waals surface area contributed by atoms with Gasteiger partial charge in [0.05, 0.1) is 24.0 Å². The average Bonchev–Trinajstić information content (AvgIpc) is 2.82. The van der Waals surface area contributed by atoms with Crippen LogP contribution in [0.25, 0.3) is 0 Å². The molecule has 0 bridgehead atoms. The largest absolute Gasteiger partial charge is 0.493 e. The van der Waals surface area contributed by atoms with Crippen molar-refractivity contribution in [2.45, 2.75) is 23.8 Å². The highest BCUT2D eigenvalue weighted by Crippen LogP contribution is 2.32. The molecule has 1 heterocycles. The lowest BCUT2D eigenvalue weighted by molar-refractivity contribution is -0.115. The van der Waals surface area contributed by atoms with E-state index in [0.717, 1.165) is 6.42 Å². The minimum absolute atomic E-state index is 0.0929. The van der Waals surface area contributed by atoms with Crippen LogP contribution in [0.1, 0.15) is 34.8 Å². The number of halogens is 1. The van der Waals surface area contributed by atoms with E-state index in [4.69, 9.17) is 10.5 Å². The highest BCUT2D eigenvalue weighted by molar-refractivity contribution is 8.00. The van der Waals surface area contributed by atoms with Crippen molar-refractivity contribution in [2.75, 3.05) is 12.4 Å². The molecule has 2 aromatic rings. The van der Waals surface area contributed by atoms with E-state index in [-0.39, 0.29) is 23.5 Å². The Balaban J connectivity index is 1.82. The Kier molecular flexibility index (Phi) is 5.78. The van der Waals surface area contributed by atoms with Gasteiger partial charge in [0.15, 0.2) is 0 Å². The third-order valence-electron chi connectivity index (χ3n) is 4.05. The topological polar surface area (TPSA) is 81.4 Å². The van der Waals surface area contributed by atoms with Gasteiger partial charge in [-0.1, -0.05) is 12.1 Å². The van der Waals surface area contributed by atoms with E-state index in [2.05, 4.69) is 5.32 Å². The van der Waals surface area contributed by atoms with Crippen molar-refractivity contribution in [1.82, 2.24) is 5.32 Å². The molecule has 2 amide bonds. The van der Waals surface area contributed by atoms with E-state index in [1.807, 2.05) is 0 Å². The number of thioether (sulfide) groups is 1. The molecule has 0 unspecified atom stereocenters. The monoisotopic (exact) mass is 374 g/mol. The van der Waals surface area contributed by atoms with Gasteiger partial charge in [-0.3, -0.25) is 9.59 Å². The van der Waals surface area contributed by atoms with Crippen LogP contribution in [0.5, 0.6) is 5.75 Å². The molecule has 5 nitrogen and oxygen atoms in total. The van der Waals surface area contributed by atoms with Crippen molar-refractivity contribution in [1.29, 1.82) is 0 Å². The number of fused-ring (bicyclic) bond motifs is 1. The number of primary amides is 1. The Hall–Kier alpha value is -2.54. The lowest BCUT2D eigenvalue weighted by Crippen LogP contribution is -2.29. The minimum Gasteiger partial charge on any atom is -0.493 e. The van der Waals surface area contributed by atoms with Gasteiger partial charge in [-0.15, -0.1) is 11.8 Å². The predicted octanol–water partition coefficient (Wildman–Crippen LogP) is 3.05. The average molecular weight is 374 g/mol. The molecule has 1 atom stereocenters. The Bertz CT molecular complexity index is 828. The van der Waals surface area contributed by atoms with Gasteiger partial charge in [-0.2, -0.15) is 0 Å². The lowest BCUT2D eigenvalue weighted by Gasteiger charge is -2.19. The molecule has 0 aromatic heterocycles. The number of nitrogens with two attached hydrogens (primary N) is 1. The maximum atomic E-state index is 13.7. The highest BCUT2D eigenvalue weighted by atomic mass is 32.2. The van der Waals surface area contributed by atoms with Gasteiger partial charge in [-0.25, -0.2) is 4.39 Å². The first-order valence-electron chi connectivity index (χ1n) is 8.28. The van der Waals surface area contributed by atoms with Crippen molar-refractivity contribution in [2.24, 2.45) is 5.73 Å². The van der Waals surface area contributed by atoms with Crippen molar-refractivity contribution in [3.63, 3.8) is 0 Å². The lowest BCUT2D eigenvalue weighted by atomic mass is 10.0. The second-order valence-corrected chi connectivity index (χ2v) is 6.97. The van der Waals surface area contributed by atoms with E-state index < -0.39 is 5.91 Å². The van der Waals surface area contributed by atoms with Crippen LogP contribution in [0.15, 0.2) is 47.4 Å². The Morgan fingerprint density at radius 1 is 1.27 bits per heavy atom. The standard InChI is InChI=1S/C19H19FN2O3S/c20-12-7-8-16-14(10-12)15(5-3-9-25-16)22-19(24)13-4-1-2-6-17(13)26-11-18(21)23/h1-2,4,6-8,10,15H,3,5,9,11H2,(H2,21,23)(H,22,24)/t15-/m1/s1. The second kappa shape index (κ2) is 8.23. The quantitative estimate of drug-likeness (QED) is 0.788. The zero-order valence-electron chi connectivity index (χ0n) is 14.0. The van der Waals surface area contributed by atoms with Crippen molar-refractivity contribution < 1.29 is 18.7 Å². The van der Waals surface area contributed by atoms with Gasteiger partial charge in [0, 0.05) is 10.5 Å². The highest BCUT2D eigenvalue weighted by Gasteiger charge is 2.23. The third kappa shape index (κ3) is 4.35. The normalized spacial score (nSPS) is 16.1. The number of ether oxygens (including phenoxy) is 1. The summed E-state index contributed by atoms with van der Waals surface area (Å²) in [6, 6.07) is 11.0. The molecule has 2 aromatic carbocycles. The smallest absolute Gasteiger partial charge is 0.252 e. The van der Waals surface area contributed by atoms with Crippen LogP contribution in [0.3, 0.4) is 0 Å². The Labute approximate surface area is 155 Å². The number of nitrogens with one attached hydrogen (secondary N) is 1. The Morgan fingerprint density at radius 2 is 2.08 bits per heavy atom. The molecular weight excluding hydrogens is 355 g/mol. The van der Waals surface area contributed by atoms with E-state index in [9.17, 15) is 14.0 Å². The molecule has 0 fully saturated rings. The summed E-state index contributed by atoms with van der Waals surface area (Å²) in [5, 5.41) is 2.97. The van der Waals surface area contributed by atoms with Crippen LogP contribution >= 0.6 is 11.8 Å². The summed E-state index contributed by atoms with van der Waals surface area (Å²) in [5.74, 6) is -0.415. The molecule has 0 saturated carbocycles. The molecule has 0 aliphatic carbocycles. The first-order valence-corrected chi connectivity index (χ1v) is 9.26. The molecule has 0 spiro atoms. The molecule has 1 aliphatic heterocycles. The summed E-state index contributed by atoms with van der Waals surface area (Å²) < 4.78 is 19.3. The summed E-state index contributed by atoms with van der Waals surface area (Å²) >= 11 is 1.22. The van der Waals surface area contributed by atoms with Crippen LogP contribution < -0.4 is 15.8 Å². The first kappa shape index (κ1) is 18.3. The molecular formula is C19H19FN2O3S. The molecule has 3 N–H and O–H groups in total. The summed E-state index contributed by atoms with van der Waals surface area (Å²) in [6.07, 6.45) is 1.40. The van der Waals surface area contributed by atoms with Gasteiger partial charge in [0.2, 0.25) is 5.91 Å². The summed E-state index contributed by atoms with van der Waals surface area (Å²) in [7, 11) is 0. The van der Waals surface area contributed by atoms with E-state index >= 15 is 0 Å². The zero-order chi connectivity index (χ0) is 18.5. The number of benzene rings is 2. The van der Waals surface area contributed by atoms with Crippen molar-refractivity contribution in [3.8, 4) is 5.75 Å². The fourth-order valence-electron chi connectivity index (χ4n) is 2.86. The number of hydrogen-bond donors (Lipinski definition) is 2. The number of hydrogen-bond acceptors (Lipinski definition) is 4. The van der Waals surface area contributed by atoms with Crippen LogP contribution in [0.2, 0.25) is 0 Å². The molecule has 1 aliphatic rings. The van der Waals surface area contributed by atoms with Gasteiger partial charge in [0.25, 0.3) is 5.91 Å². The van der Waals surface area contributed by atoms with Crippen LogP contribution in [-0.4, -0.2) is 24.2 Å². The van der Waals surface area contributed by atoms with Crippen LogP contribution in [-0.2, 0) is 4.79 Å². The van der Waals surface area contributed by atoms with Gasteiger partial charge < -0.3 is 15.8 Å². The molecule has 136 valence electrons. The second-order valence-electron chi connectivity index (χ2n) is 5.95. The predicted molar refractivity (Wildman–Crippen MR) is 97.7 cm³/mol. The zero-order valence-corrected chi connectivity index (χ0v) is 14.9. The molecule has 3 rings (SSSR count). The summed E-state index contributed by atoms with van der Waals surface area (Å²) in [5.41, 5.74) is 6.29. The first-order chi connectivity index (χ1) is 12.5. The molecule has 0 saturated heterocycles. The molecule has 26 heavy (non-hydrogen) atoms. The van der Waals surface area contributed by atoms with E-state index in [0.29, 0.717) is 34.8 Å². The van der Waals surface area contributed by atoms with Gasteiger partial charge >= 0.3 is 0 Å².